The molecule has 1 atom stereocenters. The van der Waals surface area contributed by atoms with E-state index in [-0.39, 0.29) is 30.1 Å². The molecule has 0 aromatic heterocycles. The van der Waals surface area contributed by atoms with Gasteiger partial charge in [0.2, 0.25) is 0 Å². The van der Waals surface area contributed by atoms with Crippen LogP contribution in [0, 0.1) is 0 Å². The van der Waals surface area contributed by atoms with Gasteiger partial charge in [-0.05, 0) is 19.9 Å². The first-order valence-electron chi connectivity index (χ1n) is 8.39. The summed E-state index contributed by atoms with van der Waals surface area (Å²) in [5.41, 5.74) is 0.776. The maximum atomic E-state index is 12.8. The van der Waals surface area contributed by atoms with Gasteiger partial charge < -0.3 is 19.5 Å². The molecule has 9 heteroatoms. The third kappa shape index (κ3) is 4.73. The summed E-state index contributed by atoms with van der Waals surface area (Å²) in [5, 5.41) is 2.67. The summed E-state index contributed by atoms with van der Waals surface area (Å²) >= 11 is 0. The minimum Gasteiger partial charge on any atom is -0.460 e. The van der Waals surface area contributed by atoms with Gasteiger partial charge in [-0.25, -0.2) is 9.59 Å². The fraction of sp³-hybridized carbons (Fsp3) is 0.444. The van der Waals surface area contributed by atoms with E-state index in [0.29, 0.717) is 12.2 Å². The lowest BCUT2D eigenvalue weighted by Gasteiger charge is -2.35. The molecule has 0 spiro atoms. The highest BCUT2D eigenvalue weighted by molar-refractivity contribution is 5.95. The van der Waals surface area contributed by atoms with Crippen LogP contribution in [0.3, 0.4) is 0 Å². The van der Waals surface area contributed by atoms with Crippen LogP contribution >= 0.6 is 0 Å². The van der Waals surface area contributed by atoms with Crippen LogP contribution in [-0.2, 0) is 14.3 Å². The van der Waals surface area contributed by atoms with Gasteiger partial charge in [0.05, 0.1) is 18.2 Å². The van der Waals surface area contributed by atoms with Crippen LogP contribution in [0.1, 0.15) is 25.5 Å². The summed E-state index contributed by atoms with van der Waals surface area (Å²) in [6.45, 7) is 0.879. The summed E-state index contributed by atoms with van der Waals surface area (Å²) in [4.78, 5) is 26.4. The van der Waals surface area contributed by atoms with Gasteiger partial charge >= 0.3 is 18.6 Å². The van der Waals surface area contributed by atoms with Gasteiger partial charge in [-0.2, -0.15) is 8.78 Å². The van der Waals surface area contributed by atoms with Gasteiger partial charge in [0, 0.05) is 24.9 Å². The lowest BCUT2D eigenvalue weighted by atomic mass is 9.94. The van der Waals surface area contributed by atoms with Crippen LogP contribution in [0.2, 0.25) is 0 Å². The SMILES string of the molecule is CCN1C(=O)N[C@@H](c2ccccc2OC(F)F)C(C(=O)OCCOC)=C1C. The molecular weight excluding hydrogens is 362 g/mol. The molecule has 7 nitrogen and oxygen atoms in total. The Balaban J connectivity index is 2.48. The van der Waals surface area contributed by atoms with Crippen molar-refractivity contribution in [3.63, 3.8) is 0 Å². The van der Waals surface area contributed by atoms with Gasteiger partial charge in [-0.3, -0.25) is 4.90 Å². The minimum atomic E-state index is -3.04. The van der Waals surface area contributed by atoms with Gasteiger partial charge in [0.1, 0.15) is 12.4 Å². The monoisotopic (exact) mass is 384 g/mol. The van der Waals surface area contributed by atoms with Crippen LogP contribution in [-0.4, -0.2) is 50.4 Å². The molecule has 0 bridgehead atoms. The van der Waals surface area contributed by atoms with Crippen molar-refractivity contribution in [1.29, 1.82) is 0 Å². The van der Waals surface area contributed by atoms with E-state index in [4.69, 9.17) is 9.47 Å². The number of hydrogen-bond acceptors (Lipinski definition) is 5. The van der Waals surface area contributed by atoms with E-state index in [9.17, 15) is 18.4 Å². The smallest absolute Gasteiger partial charge is 0.387 e. The second kappa shape index (κ2) is 9.31. The standard InChI is InChI=1S/C18H22F2N2O5/c1-4-22-11(2)14(16(23)26-10-9-25-3)15(21-18(22)24)12-7-5-6-8-13(12)27-17(19)20/h5-8,15,17H,4,9-10H2,1-3H3,(H,21,24)/t15-/m0/s1. The van der Waals surface area contributed by atoms with Crippen molar-refractivity contribution in [1.82, 2.24) is 10.2 Å². The summed E-state index contributed by atoms with van der Waals surface area (Å²) in [6, 6.07) is 4.57. The highest BCUT2D eigenvalue weighted by atomic mass is 19.3. The zero-order valence-corrected chi connectivity index (χ0v) is 15.3. The van der Waals surface area contributed by atoms with E-state index < -0.39 is 24.7 Å². The number of nitrogens with one attached hydrogen (secondary N) is 1. The highest BCUT2D eigenvalue weighted by Gasteiger charge is 2.37. The van der Waals surface area contributed by atoms with Crippen LogP contribution in [0.25, 0.3) is 0 Å². The third-order valence-electron chi connectivity index (χ3n) is 4.10. The molecule has 0 saturated carbocycles. The number of ether oxygens (including phenoxy) is 3. The lowest BCUT2D eigenvalue weighted by Crippen LogP contribution is -2.48. The van der Waals surface area contributed by atoms with E-state index in [1.807, 2.05) is 0 Å². The lowest BCUT2D eigenvalue weighted by molar-refractivity contribution is -0.140. The minimum absolute atomic E-state index is 0.0219. The predicted octanol–water partition coefficient (Wildman–Crippen LogP) is 2.84. The Morgan fingerprint density at radius 1 is 1.30 bits per heavy atom. The van der Waals surface area contributed by atoms with Gasteiger partial charge in [0.25, 0.3) is 0 Å². The summed E-state index contributed by atoms with van der Waals surface area (Å²) in [6.07, 6.45) is 0. The second-order valence-corrected chi connectivity index (χ2v) is 5.67. The Morgan fingerprint density at radius 3 is 2.63 bits per heavy atom. The van der Waals surface area contributed by atoms with E-state index in [2.05, 4.69) is 10.1 Å². The molecule has 0 aliphatic carbocycles. The van der Waals surface area contributed by atoms with E-state index in [1.54, 1.807) is 19.9 Å². The Bertz CT molecular complexity index is 723. The topological polar surface area (TPSA) is 77.1 Å². The van der Waals surface area contributed by atoms with Crippen molar-refractivity contribution in [2.24, 2.45) is 0 Å². The molecule has 1 N–H and O–H groups in total. The molecule has 2 amide bonds. The normalized spacial score (nSPS) is 17.2. The first-order chi connectivity index (χ1) is 12.9. The van der Waals surface area contributed by atoms with E-state index in [1.165, 1.54) is 30.2 Å². The fourth-order valence-corrected chi connectivity index (χ4v) is 2.88. The molecule has 1 heterocycles. The number of hydrogen-bond donors (Lipinski definition) is 1. The molecule has 1 aromatic rings. The van der Waals surface area contributed by atoms with Crippen molar-refractivity contribution < 1.29 is 32.6 Å². The Hall–Kier alpha value is -2.68. The van der Waals surface area contributed by atoms with Crippen molar-refractivity contribution in [3.05, 3.63) is 41.1 Å². The van der Waals surface area contributed by atoms with Crippen LogP contribution in [0.15, 0.2) is 35.5 Å². The molecule has 0 radical (unpaired) electrons. The molecule has 27 heavy (non-hydrogen) atoms. The Labute approximate surface area is 155 Å². The first kappa shape index (κ1) is 20.6. The number of para-hydroxylation sites is 1. The maximum Gasteiger partial charge on any atom is 0.387 e. The summed E-state index contributed by atoms with van der Waals surface area (Å²) < 4.78 is 40.2. The van der Waals surface area contributed by atoms with Crippen molar-refractivity contribution in [3.8, 4) is 5.75 Å². The molecule has 2 rings (SSSR count). The number of benzene rings is 1. The summed E-state index contributed by atoms with van der Waals surface area (Å²) in [7, 11) is 1.47. The van der Waals surface area contributed by atoms with Crippen molar-refractivity contribution in [2.75, 3.05) is 26.9 Å². The number of alkyl halides is 2. The molecule has 1 aromatic carbocycles. The predicted molar refractivity (Wildman–Crippen MR) is 92.3 cm³/mol. The van der Waals surface area contributed by atoms with Crippen molar-refractivity contribution >= 4 is 12.0 Å². The number of esters is 1. The zero-order valence-electron chi connectivity index (χ0n) is 15.3. The number of halogens is 2. The first-order valence-corrected chi connectivity index (χ1v) is 8.39. The Morgan fingerprint density at radius 2 is 2.00 bits per heavy atom. The van der Waals surface area contributed by atoms with Crippen LogP contribution < -0.4 is 10.1 Å². The number of methoxy groups -OCH3 is 1. The molecule has 148 valence electrons. The average Bonchev–Trinajstić information content (AvgIpc) is 2.61. The second-order valence-electron chi connectivity index (χ2n) is 5.67. The molecule has 0 unspecified atom stereocenters. The molecule has 0 saturated heterocycles. The van der Waals surface area contributed by atoms with Crippen LogP contribution in [0.4, 0.5) is 13.6 Å². The maximum absolute atomic E-state index is 12.8. The fourth-order valence-electron chi connectivity index (χ4n) is 2.88. The van der Waals surface area contributed by atoms with Crippen molar-refractivity contribution in [2.45, 2.75) is 26.5 Å². The molecule has 0 fully saturated rings. The van der Waals surface area contributed by atoms with Gasteiger partial charge in [0.15, 0.2) is 0 Å². The number of carbonyl (C=O) groups excluding carboxylic acids is 2. The molecule has 1 aliphatic rings. The quantitative estimate of drug-likeness (QED) is 0.551. The average molecular weight is 384 g/mol. The van der Waals surface area contributed by atoms with E-state index >= 15 is 0 Å². The zero-order chi connectivity index (χ0) is 20.0. The highest BCUT2D eigenvalue weighted by Crippen LogP contribution is 2.36. The molecular formula is C18H22F2N2O5. The number of amides is 2. The summed E-state index contributed by atoms with van der Waals surface area (Å²) in [5.74, 6) is -0.794. The number of nitrogens with zero attached hydrogens (tertiary/aromatic N) is 1. The molecule has 1 aliphatic heterocycles. The largest absolute Gasteiger partial charge is 0.460 e. The third-order valence-corrected chi connectivity index (χ3v) is 4.10. The Kier molecular flexibility index (Phi) is 7.12. The van der Waals surface area contributed by atoms with Gasteiger partial charge in [-0.15, -0.1) is 0 Å². The van der Waals surface area contributed by atoms with Gasteiger partial charge in [-0.1, -0.05) is 18.2 Å². The van der Waals surface area contributed by atoms with Crippen LogP contribution in [0.5, 0.6) is 5.75 Å². The number of urea groups is 1. The number of rotatable bonds is 8. The number of carbonyl (C=O) groups is 2. The van der Waals surface area contributed by atoms with E-state index in [0.717, 1.165) is 0 Å². The number of allylic oxidation sites excluding steroid dienone is 1.